The molecular weight excluding hydrogens is 206 g/mol. The van der Waals surface area contributed by atoms with Crippen molar-refractivity contribution in [1.29, 1.82) is 0 Å². The summed E-state index contributed by atoms with van der Waals surface area (Å²) < 4.78 is 0. The van der Waals surface area contributed by atoms with Crippen LogP contribution in [0.3, 0.4) is 0 Å². The van der Waals surface area contributed by atoms with E-state index in [0.29, 0.717) is 5.41 Å². The average Bonchev–Trinajstić information content (AvgIpc) is 3.05. The van der Waals surface area contributed by atoms with Gasteiger partial charge in [-0.2, -0.15) is 0 Å². The second-order valence-electron chi connectivity index (χ2n) is 7.45. The van der Waals surface area contributed by atoms with Gasteiger partial charge >= 0.3 is 0 Å². The van der Waals surface area contributed by atoms with Crippen molar-refractivity contribution in [3.8, 4) is 0 Å². The molecule has 2 rings (SSSR count). The maximum Gasteiger partial charge on any atom is -0.00178 e. The summed E-state index contributed by atoms with van der Waals surface area (Å²) in [6.07, 6.45) is 7.50. The first-order valence-corrected chi connectivity index (χ1v) is 7.73. The monoisotopic (exact) mass is 237 g/mol. The lowest BCUT2D eigenvalue weighted by Gasteiger charge is -2.37. The van der Waals surface area contributed by atoms with Gasteiger partial charge in [0.15, 0.2) is 0 Å². The molecule has 2 aliphatic rings. The fraction of sp³-hybridized carbons (Fsp3) is 1.00. The van der Waals surface area contributed by atoms with Gasteiger partial charge in [-0.1, -0.05) is 27.7 Å². The number of hydrogen-bond acceptors (Lipinski definition) is 1. The Morgan fingerprint density at radius 1 is 1.06 bits per heavy atom. The molecule has 2 saturated carbocycles. The normalized spacial score (nSPS) is 38.1. The topological polar surface area (TPSA) is 12.0 Å². The molecule has 2 fully saturated rings. The first kappa shape index (κ1) is 13.4. The van der Waals surface area contributed by atoms with Crippen LogP contribution in [0.25, 0.3) is 0 Å². The Balaban J connectivity index is 1.70. The standard InChI is InChI=1S/C16H31N/c1-5-17-11-13-10-15(13)12-6-8-14(9-7-12)16(2,3)4/h12-15,17H,5-11H2,1-4H3. The van der Waals surface area contributed by atoms with Crippen molar-refractivity contribution in [3.05, 3.63) is 0 Å². The first-order valence-electron chi connectivity index (χ1n) is 7.73. The summed E-state index contributed by atoms with van der Waals surface area (Å²) in [6, 6.07) is 0. The number of rotatable bonds is 4. The molecule has 2 aliphatic carbocycles. The molecule has 1 heteroatoms. The molecule has 0 radical (unpaired) electrons. The fourth-order valence-electron chi connectivity index (χ4n) is 3.83. The van der Waals surface area contributed by atoms with Crippen LogP contribution in [-0.2, 0) is 0 Å². The van der Waals surface area contributed by atoms with Crippen LogP contribution in [0.1, 0.15) is 59.8 Å². The van der Waals surface area contributed by atoms with Crippen molar-refractivity contribution < 1.29 is 0 Å². The summed E-state index contributed by atoms with van der Waals surface area (Å²) in [5, 5.41) is 3.51. The van der Waals surface area contributed by atoms with E-state index in [4.69, 9.17) is 0 Å². The second-order valence-corrected chi connectivity index (χ2v) is 7.45. The van der Waals surface area contributed by atoms with Gasteiger partial charge in [0.05, 0.1) is 0 Å². The third kappa shape index (κ3) is 3.47. The minimum Gasteiger partial charge on any atom is -0.317 e. The Morgan fingerprint density at radius 3 is 2.24 bits per heavy atom. The molecule has 0 amide bonds. The predicted molar refractivity (Wildman–Crippen MR) is 75.0 cm³/mol. The van der Waals surface area contributed by atoms with Crippen LogP contribution in [0, 0.1) is 29.1 Å². The summed E-state index contributed by atoms with van der Waals surface area (Å²) in [7, 11) is 0. The molecule has 0 aromatic rings. The molecule has 17 heavy (non-hydrogen) atoms. The molecular formula is C16H31N. The molecule has 100 valence electrons. The summed E-state index contributed by atoms with van der Waals surface area (Å²) in [5.74, 6) is 4.14. The highest BCUT2D eigenvalue weighted by atomic mass is 14.9. The molecule has 1 N–H and O–H groups in total. The number of hydrogen-bond donors (Lipinski definition) is 1. The van der Waals surface area contributed by atoms with E-state index in [2.05, 4.69) is 33.0 Å². The van der Waals surface area contributed by atoms with E-state index in [0.717, 1.165) is 30.2 Å². The van der Waals surface area contributed by atoms with Crippen LogP contribution in [0.4, 0.5) is 0 Å². The Bertz CT molecular complexity index is 232. The lowest BCUT2D eigenvalue weighted by Crippen LogP contribution is -2.27. The highest BCUT2D eigenvalue weighted by Gasteiger charge is 2.44. The van der Waals surface area contributed by atoms with E-state index < -0.39 is 0 Å². The third-order valence-electron chi connectivity index (χ3n) is 5.24. The van der Waals surface area contributed by atoms with Crippen molar-refractivity contribution in [2.45, 2.75) is 59.8 Å². The van der Waals surface area contributed by atoms with Crippen molar-refractivity contribution in [3.63, 3.8) is 0 Å². The highest BCUT2D eigenvalue weighted by Crippen LogP contribution is 2.51. The molecule has 2 atom stereocenters. The second kappa shape index (κ2) is 5.30. The van der Waals surface area contributed by atoms with E-state index in [9.17, 15) is 0 Å². The van der Waals surface area contributed by atoms with Gasteiger partial charge < -0.3 is 5.32 Å². The lowest BCUT2D eigenvalue weighted by molar-refractivity contribution is 0.139. The van der Waals surface area contributed by atoms with Crippen LogP contribution >= 0.6 is 0 Å². The van der Waals surface area contributed by atoms with Crippen LogP contribution in [0.15, 0.2) is 0 Å². The Kier molecular flexibility index (Phi) is 4.18. The van der Waals surface area contributed by atoms with Gasteiger partial charge in [-0.15, -0.1) is 0 Å². The molecule has 0 bridgehead atoms. The van der Waals surface area contributed by atoms with E-state index in [1.165, 1.54) is 38.6 Å². The average molecular weight is 237 g/mol. The van der Waals surface area contributed by atoms with E-state index in [1.807, 2.05) is 0 Å². The Morgan fingerprint density at radius 2 is 1.71 bits per heavy atom. The van der Waals surface area contributed by atoms with Crippen molar-refractivity contribution >= 4 is 0 Å². The van der Waals surface area contributed by atoms with Gasteiger partial charge in [0, 0.05) is 0 Å². The molecule has 0 saturated heterocycles. The van der Waals surface area contributed by atoms with Crippen molar-refractivity contribution in [2.75, 3.05) is 13.1 Å². The highest BCUT2D eigenvalue weighted by molar-refractivity contribution is 4.94. The van der Waals surface area contributed by atoms with Crippen molar-refractivity contribution in [2.24, 2.45) is 29.1 Å². The molecule has 0 spiro atoms. The van der Waals surface area contributed by atoms with E-state index >= 15 is 0 Å². The summed E-state index contributed by atoms with van der Waals surface area (Å²) in [5.41, 5.74) is 0.539. The van der Waals surface area contributed by atoms with Crippen LogP contribution in [0.5, 0.6) is 0 Å². The fourth-order valence-corrected chi connectivity index (χ4v) is 3.83. The zero-order valence-corrected chi connectivity index (χ0v) is 12.3. The maximum atomic E-state index is 3.51. The van der Waals surface area contributed by atoms with Gasteiger partial charge in [-0.05, 0) is 74.3 Å². The van der Waals surface area contributed by atoms with E-state index in [-0.39, 0.29) is 0 Å². The van der Waals surface area contributed by atoms with Crippen LogP contribution < -0.4 is 5.32 Å². The largest absolute Gasteiger partial charge is 0.317 e. The predicted octanol–water partition coefficient (Wildman–Crippen LogP) is 4.08. The SMILES string of the molecule is CCNCC1CC1C1CCC(C(C)(C)C)CC1. The Labute approximate surface area is 108 Å². The maximum absolute atomic E-state index is 3.51. The molecule has 0 aliphatic heterocycles. The van der Waals surface area contributed by atoms with Gasteiger partial charge in [-0.3, -0.25) is 0 Å². The smallest absolute Gasteiger partial charge is 0.00178 e. The van der Waals surface area contributed by atoms with Crippen LogP contribution in [0.2, 0.25) is 0 Å². The molecule has 0 aromatic carbocycles. The summed E-state index contributed by atoms with van der Waals surface area (Å²) in [4.78, 5) is 0. The summed E-state index contributed by atoms with van der Waals surface area (Å²) >= 11 is 0. The zero-order chi connectivity index (χ0) is 12.5. The minimum atomic E-state index is 0.539. The molecule has 1 nitrogen and oxygen atoms in total. The molecule has 0 aromatic heterocycles. The first-order chi connectivity index (χ1) is 8.02. The van der Waals surface area contributed by atoms with Crippen LogP contribution in [-0.4, -0.2) is 13.1 Å². The zero-order valence-electron chi connectivity index (χ0n) is 12.3. The third-order valence-corrected chi connectivity index (χ3v) is 5.24. The molecule has 2 unspecified atom stereocenters. The van der Waals surface area contributed by atoms with E-state index in [1.54, 1.807) is 0 Å². The van der Waals surface area contributed by atoms with Crippen molar-refractivity contribution in [1.82, 2.24) is 5.32 Å². The Hall–Kier alpha value is -0.0400. The minimum absolute atomic E-state index is 0.539. The quantitative estimate of drug-likeness (QED) is 0.776. The van der Waals surface area contributed by atoms with Gasteiger partial charge in [0.1, 0.15) is 0 Å². The number of nitrogens with one attached hydrogen (secondary N) is 1. The van der Waals surface area contributed by atoms with Gasteiger partial charge in [0.2, 0.25) is 0 Å². The van der Waals surface area contributed by atoms with Gasteiger partial charge in [0.25, 0.3) is 0 Å². The van der Waals surface area contributed by atoms with Gasteiger partial charge in [-0.25, -0.2) is 0 Å². The summed E-state index contributed by atoms with van der Waals surface area (Å²) in [6.45, 7) is 11.9. The molecule has 0 heterocycles. The lowest BCUT2D eigenvalue weighted by atomic mass is 9.69.